The van der Waals surface area contributed by atoms with Crippen molar-refractivity contribution in [2.24, 2.45) is 5.92 Å². The van der Waals surface area contributed by atoms with E-state index in [2.05, 4.69) is 22.4 Å². The molecule has 0 bridgehead atoms. The molecule has 0 radical (unpaired) electrons. The summed E-state index contributed by atoms with van der Waals surface area (Å²) in [6.45, 7) is 3.24. The van der Waals surface area contributed by atoms with E-state index >= 15 is 0 Å². The summed E-state index contributed by atoms with van der Waals surface area (Å²) in [5.74, 6) is 0.866. The zero-order chi connectivity index (χ0) is 11.2. The van der Waals surface area contributed by atoms with E-state index in [0.717, 1.165) is 12.5 Å². The van der Waals surface area contributed by atoms with Gasteiger partial charge in [-0.2, -0.15) is 5.10 Å². The van der Waals surface area contributed by atoms with Crippen molar-refractivity contribution in [1.29, 1.82) is 0 Å². The van der Waals surface area contributed by atoms with E-state index in [0.29, 0.717) is 6.04 Å². The number of hydrogen-bond acceptors (Lipinski definition) is 2. The minimum absolute atomic E-state index is 0.626. The molecule has 0 spiro atoms. The third kappa shape index (κ3) is 3.34. The molecule has 0 aromatic carbocycles. The van der Waals surface area contributed by atoms with Gasteiger partial charge < -0.3 is 5.32 Å². The first-order chi connectivity index (χ1) is 7.86. The average Bonchev–Trinajstić information content (AvgIpc) is 2.66. The highest BCUT2D eigenvalue weighted by Gasteiger charge is 2.18. The van der Waals surface area contributed by atoms with Gasteiger partial charge in [0.1, 0.15) is 0 Å². The maximum absolute atomic E-state index is 3.96. The van der Waals surface area contributed by atoms with Crippen LogP contribution in [0.4, 0.5) is 0 Å². The van der Waals surface area contributed by atoms with Crippen molar-refractivity contribution in [3.05, 3.63) is 18.0 Å². The van der Waals surface area contributed by atoms with Crippen molar-refractivity contribution in [2.45, 2.75) is 58.0 Å². The van der Waals surface area contributed by atoms with Crippen LogP contribution in [0.1, 0.15) is 51.1 Å². The van der Waals surface area contributed by atoms with Crippen molar-refractivity contribution in [1.82, 2.24) is 15.5 Å². The molecule has 1 aliphatic carbocycles. The lowest BCUT2D eigenvalue weighted by atomic mass is 9.93. The number of nitrogens with one attached hydrogen (secondary N) is 2. The van der Waals surface area contributed by atoms with E-state index in [1.165, 1.54) is 44.2 Å². The Kier molecular flexibility index (Phi) is 4.40. The van der Waals surface area contributed by atoms with Crippen molar-refractivity contribution >= 4 is 0 Å². The van der Waals surface area contributed by atoms with Gasteiger partial charge in [-0.3, -0.25) is 5.10 Å². The minimum Gasteiger partial charge on any atom is -0.308 e. The van der Waals surface area contributed by atoms with E-state index in [-0.39, 0.29) is 0 Å². The molecule has 2 N–H and O–H groups in total. The van der Waals surface area contributed by atoms with Crippen molar-refractivity contribution in [2.75, 3.05) is 0 Å². The Labute approximate surface area is 98.0 Å². The molecule has 1 heterocycles. The first-order valence-corrected chi connectivity index (χ1v) is 6.58. The Bertz CT molecular complexity index is 273. The van der Waals surface area contributed by atoms with Crippen LogP contribution in [0, 0.1) is 5.92 Å². The van der Waals surface area contributed by atoms with E-state index in [1.54, 1.807) is 0 Å². The summed E-state index contributed by atoms with van der Waals surface area (Å²) < 4.78 is 0. The molecule has 2 rings (SSSR count). The molecule has 1 aromatic rings. The van der Waals surface area contributed by atoms with E-state index in [1.807, 2.05) is 12.3 Å². The molecular weight excluding hydrogens is 198 g/mol. The Balaban J connectivity index is 1.75. The lowest BCUT2D eigenvalue weighted by molar-refractivity contribution is 0.335. The molecule has 1 aliphatic rings. The van der Waals surface area contributed by atoms with Crippen molar-refractivity contribution in [3.63, 3.8) is 0 Å². The van der Waals surface area contributed by atoms with E-state index in [9.17, 15) is 0 Å². The highest BCUT2D eigenvalue weighted by molar-refractivity contribution is 4.97. The van der Waals surface area contributed by atoms with E-state index < -0.39 is 0 Å². The number of H-pyrrole nitrogens is 1. The summed E-state index contributed by atoms with van der Waals surface area (Å²) in [5, 5.41) is 10.6. The third-order valence-corrected chi connectivity index (χ3v) is 3.78. The van der Waals surface area contributed by atoms with E-state index in [4.69, 9.17) is 0 Å². The zero-order valence-electron chi connectivity index (χ0n) is 10.2. The lowest BCUT2D eigenvalue weighted by Gasteiger charge is -2.23. The van der Waals surface area contributed by atoms with Crippen LogP contribution < -0.4 is 5.32 Å². The van der Waals surface area contributed by atoms with Crippen LogP contribution in [0.2, 0.25) is 0 Å². The normalized spacial score (nSPS) is 20.6. The fourth-order valence-electron chi connectivity index (χ4n) is 2.63. The molecule has 3 heteroatoms. The fourth-order valence-corrected chi connectivity index (χ4v) is 2.63. The van der Waals surface area contributed by atoms with Gasteiger partial charge in [0.05, 0.1) is 0 Å². The number of rotatable bonds is 4. The predicted molar refractivity (Wildman–Crippen MR) is 66.1 cm³/mol. The number of hydrogen-bond donors (Lipinski definition) is 2. The van der Waals surface area contributed by atoms with Gasteiger partial charge in [-0.25, -0.2) is 0 Å². The molecule has 1 aromatic heterocycles. The fraction of sp³-hybridized carbons (Fsp3) is 0.769. The topological polar surface area (TPSA) is 40.7 Å². The molecule has 1 saturated carbocycles. The van der Waals surface area contributed by atoms with Gasteiger partial charge in [-0.15, -0.1) is 0 Å². The molecular formula is C13H23N3. The average molecular weight is 221 g/mol. The largest absolute Gasteiger partial charge is 0.308 e. The predicted octanol–water partition coefficient (Wildman–Crippen LogP) is 2.86. The highest BCUT2D eigenvalue weighted by Crippen LogP contribution is 2.25. The summed E-state index contributed by atoms with van der Waals surface area (Å²) in [6.07, 6.45) is 10.3. The lowest BCUT2D eigenvalue weighted by Crippen LogP contribution is -2.33. The summed E-state index contributed by atoms with van der Waals surface area (Å²) in [5.41, 5.74) is 1.18. The Hall–Kier alpha value is -0.830. The Morgan fingerprint density at radius 3 is 2.75 bits per heavy atom. The Morgan fingerprint density at radius 1 is 1.38 bits per heavy atom. The second-order valence-electron chi connectivity index (χ2n) is 5.00. The molecule has 0 amide bonds. The zero-order valence-corrected chi connectivity index (χ0v) is 10.2. The van der Waals surface area contributed by atoms with Crippen molar-refractivity contribution in [3.8, 4) is 0 Å². The van der Waals surface area contributed by atoms with Crippen molar-refractivity contribution < 1.29 is 0 Å². The van der Waals surface area contributed by atoms with Gasteiger partial charge >= 0.3 is 0 Å². The molecule has 90 valence electrons. The van der Waals surface area contributed by atoms with Gasteiger partial charge in [0.15, 0.2) is 0 Å². The summed E-state index contributed by atoms with van der Waals surface area (Å²) >= 11 is 0. The molecule has 3 nitrogen and oxygen atoms in total. The minimum atomic E-state index is 0.626. The maximum Gasteiger partial charge on any atom is 0.0490 e. The first kappa shape index (κ1) is 11.6. The molecule has 0 saturated heterocycles. The van der Waals surface area contributed by atoms with Crippen LogP contribution in [0.15, 0.2) is 12.3 Å². The van der Waals surface area contributed by atoms with Gasteiger partial charge in [0, 0.05) is 24.5 Å². The van der Waals surface area contributed by atoms with Gasteiger partial charge in [-0.1, -0.05) is 25.7 Å². The summed E-state index contributed by atoms with van der Waals surface area (Å²) in [7, 11) is 0. The summed E-state index contributed by atoms with van der Waals surface area (Å²) in [6, 6.07) is 2.66. The molecule has 1 atom stereocenters. The number of aromatic nitrogens is 2. The van der Waals surface area contributed by atoms with Crippen LogP contribution in [-0.2, 0) is 6.54 Å². The number of aromatic amines is 1. The summed E-state index contributed by atoms with van der Waals surface area (Å²) in [4.78, 5) is 0. The molecule has 0 unspecified atom stereocenters. The first-order valence-electron chi connectivity index (χ1n) is 6.58. The second-order valence-corrected chi connectivity index (χ2v) is 5.00. The van der Waals surface area contributed by atoms with Crippen LogP contribution in [-0.4, -0.2) is 16.2 Å². The smallest absolute Gasteiger partial charge is 0.0490 e. The van der Waals surface area contributed by atoms with Crippen LogP contribution in [0.3, 0.4) is 0 Å². The molecule has 0 aliphatic heterocycles. The van der Waals surface area contributed by atoms with Gasteiger partial charge in [0.25, 0.3) is 0 Å². The van der Waals surface area contributed by atoms with Crippen LogP contribution in [0.5, 0.6) is 0 Å². The monoisotopic (exact) mass is 221 g/mol. The molecule has 16 heavy (non-hydrogen) atoms. The maximum atomic E-state index is 3.96. The second kappa shape index (κ2) is 6.04. The van der Waals surface area contributed by atoms with Crippen LogP contribution in [0.25, 0.3) is 0 Å². The standard InChI is InChI=1S/C13H23N3/c1-11(12-6-4-2-3-5-7-12)14-10-13-8-9-15-16-13/h8-9,11-12,14H,2-7,10H2,1H3,(H,15,16)/t11-/m0/s1. The SMILES string of the molecule is C[C@H](NCc1ccn[nH]1)C1CCCCCC1. The molecule has 1 fully saturated rings. The Morgan fingerprint density at radius 2 is 2.12 bits per heavy atom. The van der Waals surface area contributed by atoms with Gasteiger partial charge in [0.2, 0.25) is 0 Å². The number of nitrogens with zero attached hydrogens (tertiary/aromatic N) is 1. The van der Waals surface area contributed by atoms with Gasteiger partial charge in [-0.05, 0) is 31.7 Å². The third-order valence-electron chi connectivity index (χ3n) is 3.78. The highest BCUT2D eigenvalue weighted by atomic mass is 15.1. The van der Waals surface area contributed by atoms with Crippen LogP contribution >= 0.6 is 0 Å². The quantitative estimate of drug-likeness (QED) is 0.768.